The third-order valence-electron chi connectivity index (χ3n) is 6.12. The molecule has 1 aromatic heterocycles. The van der Waals surface area contributed by atoms with Gasteiger partial charge in [-0.05, 0) is 56.6 Å². The van der Waals surface area contributed by atoms with E-state index in [9.17, 15) is 13.5 Å². The Balaban J connectivity index is 1.33. The molecule has 0 amide bonds. The Morgan fingerprint density at radius 3 is 2.49 bits per heavy atom. The Morgan fingerprint density at radius 1 is 1.09 bits per heavy atom. The first-order valence-electron chi connectivity index (χ1n) is 11.8. The smallest absolute Gasteiger partial charge is 0.240 e. The van der Waals surface area contributed by atoms with Gasteiger partial charge in [-0.1, -0.05) is 47.7 Å². The summed E-state index contributed by atoms with van der Waals surface area (Å²) >= 11 is 0. The minimum atomic E-state index is -3.75. The second-order valence-corrected chi connectivity index (χ2v) is 10.9. The highest BCUT2D eigenvalue weighted by Gasteiger charge is 2.34. The largest absolute Gasteiger partial charge is 0.394 e. The number of hydrogen-bond acceptors (Lipinski definition) is 7. The number of hydrogen-bond donors (Lipinski definition) is 2. The SMILES string of the molecule is CN(C)Cc1cn(CC[C@H]2CC[C@@H](NS(=O)(=O)c3ccc(-c4ccccc4)cc3)[C@H](CO)O2)nn1. The number of aryl methyl sites for hydroxylation is 1. The van der Waals surface area contributed by atoms with Gasteiger partial charge in [0, 0.05) is 19.3 Å². The summed E-state index contributed by atoms with van der Waals surface area (Å²) in [5.74, 6) is 0. The molecule has 1 saturated heterocycles. The second kappa shape index (κ2) is 11.4. The minimum absolute atomic E-state index is 0.0837. The quantitative estimate of drug-likeness (QED) is 0.440. The van der Waals surface area contributed by atoms with Crippen LogP contribution in [0.1, 0.15) is 25.0 Å². The molecule has 0 saturated carbocycles. The molecule has 1 aliphatic heterocycles. The molecular formula is C25H33N5O4S. The van der Waals surface area contributed by atoms with E-state index in [-0.39, 0.29) is 17.6 Å². The molecule has 10 heteroatoms. The van der Waals surface area contributed by atoms with Crippen molar-refractivity contribution < 1.29 is 18.3 Å². The fourth-order valence-electron chi connectivity index (χ4n) is 4.32. The summed E-state index contributed by atoms with van der Waals surface area (Å²) in [7, 11) is 0.212. The molecule has 2 N–H and O–H groups in total. The van der Waals surface area contributed by atoms with Gasteiger partial charge >= 0.3 is 0 Å². The first-order valence-corrected chi connectivity index (χ1v) is 13.3. The number of rotatable bonds is 10. The summed E-state index contributed by atoms with van der Waals surface area (Å²) in [6.07, 6.45) is 3.22. The molecule has 0 bridgehead atoms. The maximum Gasteiger partial charge on any atom is 0.240 e. The zero-order valence-corrected chi connectivity index (χ0v) is 20.9. The van der Waals surface area contributed by atoms with Gasteiger partial charge in [0.05, 0.1) is 35.4 Å². The van der Waals surface area contributed by atoms with E-state index >= 15 is 0 Å². The van der Waals surface area contributed by atoms with E-state index in [1.54, 1.807) is 28.9 Å². The Hall–Kier alpha value is -2.63. The van der Waals surface area contributed by atoms with Gasteiger partial charge in [-0.15, -0.1) is 5.10 Å². The predicted molar refractivity (Wildman–Crippen MR) is 133 cm³/mol. The van der Waals surface area contributed by atoms with Gasteiger partial charge in [-0.25, -0.2) is 13.1 Å². The average molecular weight is 500 g/mol. The van der Waals surface area contributed by atoms with Crippen molar-refractivity contribution in [2.24, 2.45) is 0 Å². The molecule has 0 spiro atoms. The molecule has 188 valence electrons. The van der Waals surface area contributed by atoms with E-state index in [0.717, 1.165) is 23.4 Å². The standard InChI is InChI=1S/C25H33N5O4S/c1-29(2)16-21-17-30(28-26-21)15-14-22-10-13-24(25(18-31)34-22)27-35(32,33)23-11-8-20(9-12-23)19-6-4-3-5-7-19/h3-9,11-12,17,22,24-25,27,31H,10,13-16,18H2,1-2H3/t22-,24-,25+/m1/s1. The molecule has 2 aromatic carbocycles. The monoisotopic (exact) mass is 499 g/mol. The van der Waals surface area contributed by atoms with Crippen LogP contribution in [-0.2, 0) is 27.8 Å². The Bertz CT molecular complexity index is 1180. The number of sulfonamides is 1. The molecule has 9 nitrogen and oxygen atoms in total. The maximum atomic E-state index is 13.0. The third-order valence-corrected chi connectivity index (χ3v) is 7.62. The van der Waals surface area contributed by atoms with Crippen molar-refractivity contribution in [3.8, 4) is 11.1 Å². The summed E-state index contributed by atoms with van der Waals surface area (Å²) < 4.78 is 36.6. The lowest BCUT2D eigenvalue weighted by atomic mass is 9.98. The van der Waals surface area contributed by atoms with E-state index in [1.165, 1.54) is 0 Å². The third kappa shape index (κ3) is 6.74. The van der Waals surface area contributed by atoms with Crippen LogP contribution in [0.15, 0.2) is 65.7 Å². The van der Waals surface area contributed by atoms with Crippen LogP contribution < -0.4 is 4.72 Å². The average Bonchev–Trinajstić information content (AvgIpc) is 3.30. The molecule has 1 fully saturated rings. The van der Waals surface area contributed by atoms with Crippen molar-refractivity contribution >= 4 is 10.0 Å². The van der Waals surface area contributed by atoms with E-state index in [4.69, 9.17) is 4.74 Å². The van der Waals surface area contributed by atoms with Crippen molar-refractivity contribution in [1.29, 1.82) is 0 Å². The van der Waals surface area contributed by atoms with Gasteiger partial charge in [-0.2, -0.15) is 0 Å². The predicted octanol–water partition coefficient (Wildman–Crippen LogP) is 2.28. The number of aromatic nitrogens is 3. The highest BCUT2D eigenvalue weighted by atomic mass is 32.2. The van der Waals surface area contributed by atoms with Crippen molar-refractivity contribution in [1.82, 2.24) is 24.6 Å². The lowest BCUT2D eigenvalue weighted by molar-refractivity contribution is -0.0891. The van der Waals surface area contributed by atoms with E-state index in [2.05, 4.69) is 15.0 Å². The van der Waals surface area contributed by atoms with Crippen molar-refractivity contribution in [3.63, 3.8) is 0 Å². The van der Waals surface area contributed by atoms with Gasteiger partial charge in [0.15, 0.2) is 0 Å². The minimum Gasteiger partial charge on any atom is -0.394 e. The summed E-state index contributed by atoms with van der Waals surface area (Å²) in [6.45, 7) is 1.11. The van der Waals surface area contributed by atoms with Gasteiger partial charge in [0.2, 0.25) is 10.0 Å². The molecule has 4 rings (SSSR count). The molecule has 0 aliphatic carbocycles. The molecule has 2 heterocycles. The summed E-state index contributed by atoms with van der Waals surface area (Å²) in [6, 6.07) is 16.1. The second-order valence-electron chi connectivity index (χ2n) is 9.17. The fourth-order valence-corrected chi connectivity index (χ4v) is 5.62. The lowest BCUT2D eigenvalue weighted by Crippen LogP contribution is -2.50. The van der Waals surface area contributed by atoms with Crippen molar-refractivity contribution in [2.75, 3.05) is 20.7 Å². The summed E-state index contributed by atoms with van der Waals surface area (Å²) in [4.78, 5) is 2.22. The molecule has 35 heavy (non-hydrogen) atoms. The van der Waals surface area contributed by atoms with Crippen LogP contribution in [0.5, 0.6) is 0 Å². The fraction of sp³-hybridized carbons (Fsp3) is 0.440. The topological polar surface area (TPSA) is 110 Å². The number of benzene rings is 2. The van der Waals surface area contributed by atoms with Gasteiger partial charge < -0.3 is 14.7 Å². The van der Waals surface area contributed by atoms with Gasteiger partial charge in [0.25, 0.3) is 0 Å². The normalized spacial score (nSPS) is 20.9. The van der Waals surface area contributed by atoms with E-state index < -0.39 is 22.2 Å². The number of nitrogens with one attached hydrogen (secondary N) is 1. The van der Waals surface area contributed by atoms with Crippen LogP contribution in [0.25, 0.3) is 11.1 Å². The molecular weight excluding hydrogens is 466 g/mol. The zero-order chi connectivity index (χ0) is 24.8. The number of aliphatic hydroxyl groups excluding tert-OH is 1. The molecule has 3 atom stereocenters. The zero-order valence-electron chi connectivity index (χ0n) is 20.1. The first-order chi connectivity index (χ1) is 16.8. The Morgan fingerprint density at radius 2 is 1.80 bits per heavy atom. The number of ether oxygens (including phenoxy) is 1. The maximum absolute atomic E-state index is 13.0. The number of aliphatic hydroxyl groups is 1. The number of nitrogens with zero attached hydrogens (tertiary/aromatic N) is 4. The molecule has 1 aliphatic rings. The molecule has 3 aromatic rings. The van der Waals surface area contributed by atoms with Crippen LogP contribution in [0.4, 0.5) is 0 Å². The van der Waals surface area contributed by atoms with Crippen LogP contribution in [0, 0.1) is 0 Å². The Kier molecular flexibility index (Phi) is 8.30. The lowest BCUT2D eigenvalue weighted by Gasteiger charge is -2.36. The highest BCUT2D eigenvalue weighted by molar-refractivity contribution is 7.89. The van der Waals surface area contributed by atoms with E-state index in [0.29, 0.717) is 25.8 Å². The van der Waals surface area contributed by atoms with E-state index in [1.807, 2.05) is 55.5 Å². The highest BCUT2D eigenvalue weighted by Crippen LogP contribution is 2.25. The van der Waals surface area contributed by atoms with Gasteiger partial charge in [0.1, 0.15) is 0 Å². The summed E-state index contributed by atoms with van der Waals surface area (Å²) in [5, 5.41) is 18.2. The van der Waals surface area contributed by atoms with Crippen LogP contribution >= 0.6 is 0 Å². The van der Waals surface area contributed by atoms with Crippen molar-refractivity contribution in [3.05, 3.63) is 66.5 Å². The van der Waals surface area contributed by atoms with Crippen LogP contribution in [-0.4, -0.2) is 72.4 Å². The molecule has 0 unspecified atom stereocenters. The van der Waals surface area contributed by atoms with Gasteiger partial charge in [-0.3, -0.25) is 4.68 Å². The Labute approximate surface area is 206 Å². The van der Waals surface area contributed by atoms with Crippen molar-refractivity contribution in [2.45, 2.75) is 55.5 Å². The molecule has 0 radical (unpaired) electrons. The van der Waals surface area contributed by atoms with Crippen LogP contribution in [0.3, 0.4) is 0 Å². The van der Waals surface area contributed by atoms with Crippen LogP contribution in [0.2, 0.25) is 0 Å². The first kappa shape index (κ1) is 25.5. The summed E-state index contributed by atoms with van der Waals surface area (Å²) in [5.41, 5.74) is 2.87.